The van der Waals surface area contributed by atoms with Crippen molar-refractivity contribution in [2.45, 2.75) is 11.3 Å². The van der Waals surface area contributed by atoms with E-state index >= 15 is 0 Å². The second-order valence-corrected chi connectivity index (χ2v) is 9.19. The Kier molecular flexibility index (Phi) is 4.67. The number of nitrogens with zero attached hydrogens (tertiary/aromatic N) is 2. The van der Waals surface area contributed by atoms with Gasteiger partial charge in [-0.1, -0.05) is 0 Å². The molecule has 0 aliphatic carbocycles. The first kappa shape index (κ1) is 17.4. The van der Waals surface area contributed by atoms with Crippen LogP contribution in [0.1, 0.15) is 15.9 Å². The molecule has 1 heterocycles. The fourth-order valence-electron chi connectivity index (χ4n) is 2.71. The molecular formula is C17H17IN2O3S. The predicted molar refractivity (Wildman–Crippen MR) is 102 cm³/mol. The van der Waals surface area contributed by atoms with Crippen molar-refractivity contribution in [3.8, 4) is 0 Å². The quantitative estimate of drug-likeness (QED) is 0.668. The molecule has 1 aliphatic rings. The number of hydrogen-bond donors (Lipinski definition) is 0. The number of anilines is 1. The molecule has 0 aromatic heterocycles. The van der Waals surface area contributed by atoms with Crippen LogP contribution in [-0.2, 0) is 16.4 Å². The predicted octanol–water partition coefficient (Wildman–Crippen LogP) is 2.74. The van der Waals surface area contributed by atoms with Crippen LogP contribution >= 0.6 is 22.6 Å². The van der Waals surface area contributed by atoms with Crippen molar-refractivity contribution in [1.29, 1.82) is 0 Å². The highest BCUT2D eigenvalue weighted by atomic mass is 127. The SMILES string of the molecule is CN(C)S(=O)(=O)c1ccc2c(c1)CCN2C(=O)c1ccc(I)cc1. The van der Waals surface area contributed by atoms with Crippen LogP contribution in [0.3, 0.4) is 0 Å². The Bertz CT molecular complexity index is 893. The molecule has 126 valence electrons. The number of amides is 1. The van der Waals surface area contributed by atoms with Gasteiger partial charge in [-0.25, -0.2) is 12.7 Å². The lowest BCUT2D eigenvalue weighted by Gasteiger charge is -2.18. The van der Waals surface area contributed by atoms with Crippen molar-refractivity contribution in [3.05, 3.63) is 57.2 Å². The molecule has 0 radical (unpaired) electrons. The normalized spacial score (nSPS) is 14.1. The average molecular weight is 456 g/mol. The Morgan fingerprint density at radius 3 is 2.42 bits per heavy atom. The maximum Gasteiger partial charge on any atom is 0.258 e. The molecule has 7 heteroatoms. The lowest BCUT2D eigenvalue weighted by molar-refractivity contribution is 0.0989. The van der Waals surface area contributed by atoms with Gasteiger partial charge in [0.2, 0.25) is 10.0 Å². The van der Waals surface area contributed by atoms with Gasteiger partial charge in [0.15, 0.2) is 0 Å². The summed E-state index contributed by atoms with van der Waals surface area (Å²) in [6.07, 6.45) is 0.655. The van der Waals surface area contributed by atoms with Gasteiger partial charge < -0.3 is 4.90 Å². The van der Waals surface area contributed by atoms with Crippen molar-refractivity contribution in [2.75, 3.05) is 25.5 Å². The van der Waals surface area contributed by atoms with E-state index in [0.717, 1.165) is 14.8 Å². The third kappa shape index (κ3) is 3.07. The van der Waals surface area contributed by atoms with E-state index in [9.17, 15) is 13.2 Å². The van der Waals surface area contributed by atoms with E-state index in [-0.39, 0.29) is 10.8 Å². The summed E-state index contributed by atoms with van der Waals surface area (Å²) >= 11 is 2.20. The first-order chi connectivity index (χ1) is 11.3. The van der Waals surface area contributed by atoms with Crippen LogP contribution in [0.4, 0.5) is 5.69 Å². The Morgan fingerprint density at radius 1 is 1.12 bits per heavy atom. The first-order valence-electron chi connectivity index (χ1n) is 7.43. The van der Waals surface area contributed by atoms with Gasteiger partial charge in [0.25, 0.3) is 5.91 Å². The van der Waals surface area contributed by atoms with E-state index in [4.69, 9.17) is 0 Å². The standard InChI is InChI=1S/C17H17IN2O3S/c1-19(2)24(22,23)15-7-8-16-13(11-15)9-10-20(16)17(21)12-3-5-14(18)6-4-12/h3-8,11H,9-10H2,1-2H3. The van der Waals surface area contributed by atoms with Crippen molar-refractivity contribution in [1.82, 2.24) is 4.31 Å². The summed E-state index contributed by atoms with van der Waals surface area (Å²) in [6, 6.07) is 12.4. The second kappa shape index (κ2) is 6.45. The molecule has 5 nitrogen and oxygen atoms in total. The Hall–Kier alpha value is -1.45. The van der Waals surface area contributed by atoms with E-state index < -0.39 is 10.0 Å². The number of hydrogen-bond acceptors (Lipinski definition) is 3. The van der Waals surface area contributed by atoms with Gasteiger partial charge in [-0.3, -0.25) is 4.79 Å². The summed E-state index contributed by atoms with van der Waals surface area (Å²) in [6.45, 7) is 0.561. The lowest BCUT2D eigenvalue weighted by atomic mass is 10.1. The highest BCUT2D eigenvalue weighted by Gasteiger charge is 2.27. The van der Waals surface area contributed by atoms with Crippen LogP contribution in [0, 0.1) is 3.57 Å². The molecule has 0 bridgehead atoms. The molecule has 2 aromatic carbocycles. The van der Waals surface area contributed by atoms with Crippen LogP contribution in [-0.4, -0.2) is 39.3 Å². The molecule has 2 aromatic rings. The van der Waals surface area contributed by atoms with Gasteiger partial charge in [0.05, 0.1) is 4.90 Å². The fraction of sp³-hybridized carbons (Fsp3) is 0.235. The summed E-state index contributed by atoms with van der Waals surface area (Å²) in [5.74, 6) is -0.0617. The number of carbonyl (C=O) groups excluding carboxylic acids is 1. The van der Waals surface area contributed by atoms with Crippen LogP contribution in [0.25, 0.3) is 0 Å². The molecule has 0 spiro atoms. The molecule has 1 amide bonds. The lowest BCUT2D eigenvalue weighted by Crippen LogP contribution is -2.28. The Morgan fingerprint density at radius 2 is 1.79 bits per heavy atom. The van der Waals surface area contributed by atoms with Crippen LogP contribution in [0.15, 0.2) is 47.4 Å². The molecule has 0 saturated carbocycles. The minimum atomic E-state index is -3.46. The zero-order chi connectivity index (χ0) is 17.5. The topological polar surface area (TPSA) is 57.7 Å². The van der Waals surface area contributed by atoms with Crippen LogP contribution < -0.4 is 4.90 Å². The first-order valence-corrected chi connectivity index (χ1v) is 9.95. The number of carbonyl (C=O) groups is 1. The maximum atomic E-state index is 12.7. The van der Waals surface area contributed by atoms with E-state index in [1.165, 1.54) is 18.4 Å². The molecule has 24 heavy (non-hydrogen) atoms. The van der Waals surface area contributed by atoms with Gasteiger partial charge in [-0.05, 0) is 77.0 Å². The molecule has 0 N–H and O–H groups in total. The summed E-state index contributed by atoms with van der Waals surface area (Å²) in [5.41, 5.74) is 2.31. The maximum absolute atomic E-state index is 12.7. The smallest absolute Gasteiger partial charge is 0.258 e. The van der Waals surface area contributed by atoms with Crippen molar-refractivity contribution in [3.63, 3.8) is 0 Å². The summed E-state index contributed by atoms with van der Waals surface area (Å²) in [7, 11) is -0.446. The molecule has 0 fully saturated rings. The van der Waals surface area contributed by atoms with E-state index in [1.807, 2.05) is 24.3 Å². The van der Waals surface area contributed by atoms with Gasteiger partial charge in [0.1, 0.15) is 0 Å². The van der Waals surface area contributed by atoms with Crippen LogP contribution in [0.2, 0.25) is 0 Å². The van der Waals surface area contributed by atoms with Gasteiger partial charge in [0, 0.05) is 35.5 Å². The van der Waals surface area contributed by atoms with E-state index in [2.05, 4.69) is 22.6 Å². The van der Waals surface area contributed by atoms with Crippen LogP contribution in [0.5, 0.6) is 0 Å². The summed E-state index contributed by atoms with van der Waals surface area (Å²) < 4.78 is 26.8. The summed E-state index contributed by atoms with van der Waals surface area (Å²) in [4.78, 5) is 14.7. The van der Waals surface area contributed by atoms with E-state index in [0.29, 0.717) is 18.5 Å². The van der Waals surface area contributed by atoms with Crippen molar-refractivity contribution >= 4 is 44.2 Å². The third-order valence-electron chi connectivity index (χ3n) is 4.06. The van der Waals surface area contributed by atoms with E-state index in [1.54, 1.807) is 23.1 Å². The zero-order valence-electron chi connectivity index (χ0n) is 13.4. The minimum absolute atomic E-state index is 0.0617. The second-order valence-electron chi connectivity index (χ2n) is 5.79. The highest BCUT2D eigenvalue weighted by molar-refractivity contribution is 14.1. The average Bonchev–Trinajstić information content (AvgIpc) is 2.97. The number of sulfonamides is 1. The fourth-order valence-corrected chi connectivity index (χ4v) is 4.02. The molecule has 0 saturated heterocycles. The Labute approximate surface area is 155 Å². The number of rotatable bonds is 3. The minimum Gasteiger partial charge on any atom is -0.308 e. The molecule has 0 atom stereocenters. The highest BCUT2D eigenvalue weighted by Crippen LogP contribution is 2.32. The van der Waals surface area contributed by atoms with Gasteiger partial charge in [-0.15, -0.1) is 0 Å². The molecule has 1 aliphatic heterocycles. The third-order valence-corrected chi connectivity index (χ3v) is 6.59. The number of halogens is 1. The Balaban J connectivity index is 1.93. The van der Waals surface area contributed by atoms with Crippen molar-refractivity contribution < 1.29 is 13.2 Å². The zero-order valence-corrected chi connectivity index (χ0v) is 16.3. The largest absolute Gasteiger partial charge is 0.308 e. The van der Waals surface area contributed by atoms with Gasteiger partial charge >= 0.3 is 0 Å². The van der Waals surface area contributed by atoms with Gasteiger partial charge in [-0.2, -0.15) is 0 Å². The number of benzene rings is 2. The summed E-state index contributed by atoms with van der Waals surface area (Å²) in [5, 5.41) is 0. The van der Waals surface area contributed by atoms with Crippen molar-refractivity contribution in [2.24, 2.45) is 0 Å². The number of fused-ring (bicyclic) bond motifs is 1. The molecular weight excluding hydrogens is 439 g/mol. The monoisotopic (exact) mass is 456 g/mol. The molecule has 0 unspecified atom stereocenters. The molecule has 3 rings (SSSR count).